The van der Waals surface area contributed by atoms with Gasteiger partial charge in [0.25, 0.3) is 0 Å². The van der Waals surface area contributed by atoms with Crippen molar-refractivity contribution in [2.45, 2.75) is 44.4 Å². The maximum Gasteiger partial charge on any atom is 0.433 e. The molecule has 0 aliphatic heterocycles. The molecule has 0 spiro atoms. The van der Waals surface area contributed by atoms with Crippen molar-refractivity contribution in [2.75, 3.05) is 13.7 Å². The van der Waals surface area contributed by atoms with Crippen molar-refractivity contribution in [3.63, 3.8) is 0 Å². The number of aliphatic hydroxyl groups is 1. The highest BCUT2D eigenvalue weighted by Gasteiger charge is 2.37. The summed E-state index contributed by atoms with van der Waals surface area (Å²) in [6, 6.07) is 0.272. The first-order valence-electron chi connectivity index (χ1n) is 7.22. The molecule has 120 valence electrons. The van der Waals surface area contributed by atoms with E-state index >= 15 is 0 Å². The first kappa shape index (κ1) is 16.3. The van der Waals surface area contributed by atoms with Gasteiger partial charge >= 0.3 is 6.18 Å². The van der Waals surface area contributed by atoms with Gasteiger partial charge in [-0.1, -0.05) is 0 Å². The van der Waals surface area contributed by atoms with E-state index in [9.17, 15) is 13.2 Å². The van der Waals surface area contributed by atoms with Gasteiger partial charge in [-0.05, 0) is 38.6 Å². The summed E-state index contributed by atoms with van der Waals surface area (Å²) in [5.41, 5.74) is -0.449. The lowest BCUT2D eigenvalue weighted by atomic mass is 9.86. The standard InChI is InChI=1S/C14H22F3N3O/c1-19(12-5-3-10(9-21)4-6-12)8-11-7-18-20(2)13(11)14(15,16)17/h7,10,12,21H,3-6,8-9H2,1-2H3. The summed E-state index contributed by atoms with van der Waals surface area (Å²) in [5, 5.41) is 12.9. The van der Waals surface area contributed by atoms with Gasteiger partial charge in [-0.3, -0.25) is 9.58 Å². The number of rotatable bonds is 4. The van der Waals surface area contributed by atoms with Gasteiger partial charge in [0, 0.05) is 31.8 Å². The van der Waals surface area contributed by atoms with Crippen LogP contribution in [0.1, 0.15) is 36.9 Å². The lowest BCUT2D eigenvalue weighted by Crippen LogP contribution is -2.35. The highest BCUT2D eigenvalue weighted by Crippen LogP contribution is 2.33. The SMILES string of the molecule is CN(Cc1cnn(C)c1C(F)(F)F)C1CCC(CO)CC1. The lowest BCUT2D eigenvalue weighted by Gasteiger charge is -2.34. The Kier molecular flexibility index (Phi) is 4.93. The van der Waals surface area contributed by atoms with E-state index in [2.05, 4.69) is 5.10 Å². The van der Waals surface area contributed by atoms with Crippen LogP contribution in [-0.2, 0) is 19.8 Å². The van der Waals surface area contributed by atoms with Gasteiger partial charge in [0.05, 0.1) is 6.20 Å². The molecule has 2 rings (SSSR count). The number of halogens is 3. The Hall–Kier alpha value is -1.08. The molecule has 0 aromatic carbocycles. The lowest BCUT2D eigenvalue weighted by molar-refractivity contribution is -0.144. The molecule has 4 nitrogen and oxygen atoms in total. The van der Waals surface area contributed by atoms with Crippen molar-refractivity contribution in [3.05, 3.63) is 17.5 Å². The number of hydrogen-bond acceptors (Lipinski definition) is 3. The van der Waals surface area contributed by atoms with E-state index in [0.717, 1.165) is 30.4 Å². The van der Waals surface area contributed by atoms with Crippen LogP contribution in [0.25, 0.3) is 0 Å². The third kappa shape index (κ3) is 3.77. The van der Waals surface area contributed by atoms with Crippen molar-refractivity contribution in [3.8, 4) is 0 Å². The summed E-state index contributed by atoms with van der Waals surface area (Å²) in [7, 11) is 3.18. The highest BCUT2D eigenvalue weighted by molar-refractivity contribution is 5.20. The van der Waals surface area contributed by atoms with E-state index < -0.39 is 11.9 Å². The Bertz CT molecular complexity index is 465. The zero-order valence-electron chi connectivity index (χ0n) is 12.4. The van der Waals surface area contributed by atoms with Crippen LogP contribution in [0.4, 0.5) is 13.2 Å². The van der Waals surface area contributed by atoms with Crippen LogP contribution in [0.3, 0.4) is 0 Å². The fraction of sp³-hybridized carbons (Fsp3) is 0.786. The normalized spacial score (nSPS) is 23.8. The number of aromatic nitrogens is 2. The first-order chi connectivity index (χ1) is 9.82. The summed E-state index contributed by atoms with van der Waals surface area (Å²) < 4.78 is 40.0. The van der Waals surface area contributed by atoms with Gasteiger partial charge in [0.15, 0.2) is 0 Å². The molecule has 1 saturated carbocycles. The minimum atomic E-state index is -4.38. The van der Waals surface area contributed by atoms with Gasteiger partial charge in [0.1, 0.15) is 5.69 Å². The summed E-state index contributed by atoms with van der Waals surface area (Å²) in [5.74, 6) is 0.346. The smallest absolute Gasteiger partial charge is 0.396 e. The molecule has 0 amide bonds. The van der Waals surface area contributed by atoms with Crippen molar-refractivity contribution in [2.24, 2.45) is 13.0 Å². The fourth-order valence-corrected chi connectivity index (χ4v) is 3.13. The van der Waals surface area contributed by atoms with Crippen LogP contribution in [0.2, 0.25) is 0 Å². The van der Waals surface area contributed by atoms with Gasteiger partial charge in [-0.2, -0.15) is 18.3 Å². The number of aryl methyl sites for hydroxylation is 1. The van der Waals surface area contributed by atoms with Crippen molar-refractivity contribution >= 4 is 0 Å². The summed E-state index contributed by atoms with van der Waals surface area (Å²) in [4.78, 5) is 1.97. The Morgan fingerprint density at radius 2 is 1.95 bits per heavy atom. The molecular weight excluding hydrogens is 283 g/mol. The predicted octanol–water partition coefficient (Wildman–Crippen LogP) is 2.42. The average molecular weight is 305 g/mol. The molecule has 1 aliphatic rings. The van der Waals surface area contributed by atoms with Crippen LogP contribution in [0.5, 0.6) is 0 Å². The molecule has 1 heterocycles. The van der Waals surface area contributed by atoms with E-state index in [-0.39, 0.29) is 24.8 Å². The second-order valence-electron chi connectivity index (χ2n) is 5.91. The minimum absolute atomic E-state index is 0.206. The minimum Gasteiger partial charge on any atom is -0.396 e. The van der Waals surface area contributed by atoms with Gasteiger partial charge < -0.3 is 5.11 Å². The number of hydrogen-bond donors (Lipinski definition) is 1. The van der Waals surface area contributed by atoms with E-state index in [1.54, 1.807) is 0 Å². The van der Waals surface area contributed by atoms with Crippen LogP contribution in [-0.4, -0.2) is 39.5 Å². The van der Waals surface area contributed by atoms with E-state index in [0.29, 0.717) is 5.92 Å². The maximum absolute atomic E-state index is 13.0. The molecule has 0 bridgehead atoms. The van der Waals surface area contributed by atoms with Gasteiger partial charge in [-0.15, -0.1) is 0 Å². The molecular formula is C14H22F3N3O. The highest BCUT2D eigenvalue weighted by atomic mass is 19.4. The third-order valence-electron chi connectivity index (χ3n) is 4.40. The summed E-state index contributed by atoms with van der Waals surface area (Å²) in [6.45, 7) is 0.453. The quantitative estimate of drug-likeness (QED) is 0.929. The first-order valence-corrected chi connectivity index (χ1v) is 7.22. The molecule has 1 aromatic heterocycles. The Balaban J connectivity index is 2.02. The number of aliphatic hydroxyl groups excluding tert-OH is 1. The van der Waals surface area contributed by atoms with Crippen LogP contribution < -0.4 is 0 Å². The van der Waals surface area contributed by atoms with E-state index in [1.807, 2.05) is 11.9 Å². The Morgan fingerprint density at radius 3 is 2.48 bits per heavy atom. The van der Waals surface area contributed by atoms with Crippen molar-refractivity contribution < 1.29 is 18.3 Å². The summed E-state index contributed by atoms with van der Waals surface area (Å²) >= 11 is 0. The van der Waals surface area contributed by atoms with Crippen LogP contribution in [0.15, 0.2) is 6.20 Å². The number of alkyl halides is 3. The molecule has 1 aromatic rings. The monoisotopic (exact) mass is 305 g/mol. The van der Waals surface area contributed by atoms with E-state index in [1.165, 1.54) is 13.2 Å². The van der Waals surface area contributed by atoms with Gasteiger partial charge in [0.2, 0.25) is 0 Å². The zero-order chi connectivity index (χ0) is 15.6. The second kappa shape index (κ2) is 6.36. The molecule has 1 fully saturated rings. The third-order valence-corrected chi connectivity index (χ3v) is 4.40. The molecule has 1 aliphatic carbocycles. The van der Waals surface area contributed by atoms with Gasteiger partial charge in [-0.25, -0.2) is 0 Å². The average Bonchev–Trinajstić information content (AvgIpc) is 2.79. The Labute approximate surface area is 122 Å². The molecule has 21 heavy (non-hydrogen) atoms. The Morgan fingerprint density at radius 1 is 1.33 bits per heavy atom. The molecule has 0 unspecified atom stereocenters. The molecule has 0 saturated heterocycles. The maximum atomic E-state index is 13.0. The fourth-order valence-electron chi connectivity index (χ4n) is 3.13. The van der Waals surface area contributed by atoms with Crippen molar-refractivity contribution in [1.82, 2.24) is 14.7 Å². The van der Waals surface area contributed by atoms with Crippen LogP contribution >= 0.6 is 0 Å². The predicted molar refractivity (Wildman–Crippen MR) is 72.5 cm³/mol. The van der Waals surface area contributed by atoms with Crippen LogP contribution in [0, 0.1) is 5.92 Å². The summed E-state index contributed by atoms with van der Waals surface area (Å²) in [6.07, 6.45) is 0.636. The molecule has 0 radical (unpaired) electrons. The molecule has 1 N–H and O–H groups in total. The van der Waals surface area contributed by atoms with E-state index in [4.69, 9.17) is 5.11 Å². The molecule has 7 heteroatoms. The molecule has 0 atom stereocenters. The topological polar surface area (TPSA) is 41.3 Å². The second-order valence-corrected chi connectivity index (χ2v) is 5.91. The van der Waals surface area contributed by atoms with Crippen molar-refractivity contribution in [1.29, 1.82) is 0 Å². The number of nitrogens with zero attached hydrogens (tertiary/aromatic N) is 3. The zero-order valence-corrected chi connectivity index (χ0v) is 12.4. The largest absolute Gasteiger partial charge is 0.433 e.